The van der Waals surface area contributed by atoms with Crippen LogP contribution in [0.1, 0.15) is 26.7 Å². The van der Waals surface area contributed by atoms with Crippen LogP contribution < -0.4 is 20.7 Å². The van der Waals surface area contributed by atoms with Crippen LogP contribution in [-0.2, 0) is 14.3 Å². The lowest BCUT2D eigenvalue weighted by molar-refractivity contribution is -0.142. The van der Waals surface area contributed by atoms with Crippen molar-refractivity contribution in [1.82, 2.24) is 10.3 Å². The number of hydrogen-bond acceptors (Lipinski definition) is 7. The van der Waals surface area contributed by atoms with Crippen LogP contribution in [0.25, 0.3) is 10.2 Å². The Morgan fingerprint density at radius 3 is 2.63 bits per heavy atom. The minimum absolute atomic E-state index is 0.0962. The molecule has 0 aliphatic heterocycles. The van der Waals surface area contributed by atoms with Crippen molar-refractivity contribution in [3.05, 3.63) is 12.1 Å². The maximum Gasteiger partial charge on any atom is 0.319 e. The average molecular weight is 394 g/mol. The van der Waals surface area contributed by atoms with Crippen molar-refractivity contribution < 1.29 is 23.9 Å². The molecule has 0 unspecified atom stereocenters. The van der Waals surface area contributed by atoms with Gasteiger partial charge in [-0.05, 0) is 13.0 Å². The summed E-state index contributed by atoms with van der Waals surface area (Å²) in [6, 6.07) is 2.92. The minimum Gasteiger partial charge on any atom is -0.494 e. The second-order valence-corrected chi connectivity index (χ2v) is 6.41. The Bertz CT molecular complexity index is 836. The van der Waals surface area contributed by atoms with Gasteiger partial charge in [-0.1, -0.05) is 18.3 Å². The Morgan fingerprint density at radius 1 is 1.19 bits per heavy atom. The molecule has 0 fully saturated rings. The molecule has 10 heteroatoms. The third-order valence-corrected chi connectivity index (χ3v) is 4.34. The lowest BCUT2D eigenvalue weighted by Crippen LogP contribution is -2.30. The van der Waals surface area contributed by atoms with E-state index in [9.17, 15) is 14.4 Å². The summed E-state index contributed by atoms with van der Waals surface area (Å²) in [5, 5.41) is 8.44. The lowest BCUT2D eigenvalue weighted by Gasteiger charge is -2.09. The number of aromatic nitrogens is 1. The van der Waals surface area contributed by atoms with E-state index in [1.54, 1.807) is 26.0 Å². The van der Waals surface area contributed by atoms with Gasteiger partial charge in [0.2, 0.25) is 5.91 Å². The van der Waals surface area contributed by atoms with E-state index in [0.717, 1.165) is 4.70 Å². The molecule has 0 aliphatic carbocycles. The number of fused-ring (bicyclic) bond motifs is 1. The molecule has 2 rings (SSSR count). The fourth-order valence-electron chi connectivity index (χ4n) is 2.17. The van der Waals surface area contributed by atoms with E-state index in [2.05, 4.69) is 20.9 Å². The maximum atomic E-state index is 12.0. The van der Waals surface area contributed by atoms with Gasteiger partial charge in [0.15, 0.2) is 5.13 Å². The Kier molecular flexibility index (Phi) is 7.35. The zero-order chi connectivity index (χ0) is 19.8. The number of thiazole rings is 1. The summed E-state index contributed by atoms with van der Waals surface area (Å²) in [5.41, 5.74) is 1.10. The number of esters is 1. The lowest BCUT2D eigenvalue weighted by atomic mass is 10.2. The standard InChI is InChI=1S/C17H22N4O5S/c1-4-13(22)20-17-21-15-11(25-3)8-10(9-12(15)27-17)19-16(24)18-7-6-14(23)26-5-2/h8-9H,4-7H2,1-3H3,(H2,18,19,24)(H,20,21,22). The molecule has 146 valence electrons. The number of anilines is 2. The summed E-state index contributed by atoms with van der Waals surface area (Å²) >= 11 is 1.28. The largest absolute Gasteiger partial charge is 0.494 e. The van der Waals surface area contributed by atoms with Crippen LogP contribution in [0.4, 0.5) is 15.6 Å². The van der Waals surface area contributed by atoms with E-state index in [1.165, 1.54) is 18.4 Å². The number of amides is 3. The SMILES string of the molecule is CCOC(=O)CCNC(=O)Nc1cc(OC)c2nc(NC(=O)CC)sc2c1. The number of nitrogens with one attached hydrogen (secondary N) is 3. The van der Waals surface area contributed by atoms with E-state index in [0.29, 0.717) is 35.1 Å². The van der Waals surface area contributed by atoms with Crippen LogP contribution in [-0.4, -0.2) is 43.2 Å². The van der Waals surface area contributed by atoms with Crippen molar-refractivity contribution in [1.29, 1.82) is 0 Å². The predicted octanol–water partition coefficient (Wildman–Crippen LogP) is 2.73. The van der Waals surface area contributed by atoms with Crippen LogP contribution >= 0.6 is 11.3 Å². The van der Waals surface area contributed by atoms with Gasteiger partial charge in [0.05, 0.1) is 24.8 Å². The Balaban J connectivity index is 2.06. The highest BCUT2D eigenvalue weighted by Gasteiger charge is 2.14. The van der Waals surface area contributed by atoms with Crippen LogP contribution in [0.2, 0.25) is 0 Å². The third kappa shape index (κ3) is 5.81. The molecule has 0 saturated heterocycles. The summed E-state index contributed by atoms with van der Waals surface area (Å²) in [5.74, 6) is -0.0258. The van der Waals surface area contributed by atoms with Crippen molar-refractivity contribution >= 4 is 50.3 Å². The number of hydrogen-bond donors (Lipinski definition) is 3. The molecular formula is C17H22N4O5S. The molecule has 0 aliphatic rings. The summed E-state index contributed by atoms with van der Waals surface area (Å²) in [6.07, 6.45) is 0.449. The second-order valence-electron chi connectivity index (χ2n) is 5.38. The molecule has 1 aromatic carbocycles. The summed E-state index contributed by atoms with van der Waals surface area (Å²) in [7, 11) is 1.50. The summed E-state index contributed by atoms with van der Waals surface area (Å²) < 4.78 is 10.9. The predicted molar refractivity (Wildman–Crippen MR) is 103 cm³/mol. The van der Waals surface area contributed by atoms with E-state index >= 15 is 0 Å². The molecule has 0 spiro atoms. The fourth-order valence-corrected chi connectivity index (χ4v) is 3.11. The first-order valence-corrected chi connectivity index (χ1v) is 9.27. The quantitative estimate of drug-likeness (QED) is 0.593. The zero-order valence-electron chi connectivity index (χ0n) is 15.4. The Labute approximate surface area is 160 Å². The molecule has 0 atom stereocenters. The average Bonchev–Trinajstić information content (AvgIpc) is 3.03. The van der Waals surface area contributed by atoms with Gasteiger partial charge in [0.25, 0.3) is 0 Å². The van der Waals surface area contributed by atoms with Gasteiger partial charge in [-0.15, -0.1) is 0 Å². The van der Waals surface area contributed by atoms with Crippen molar-refractivity contribution in [2.75, 3.05) is 30.9 Å². The molecule has 27 heavy (non-hydrogen) atoms. The van der Waals surface area contributed by atoms with Gasteiger partial charge in [0.1, 0.15) is 11.3 Å². The number of ether oxygens (including phenoxy) is 2. The summed E-state index contributed by atoms with van der Waals surface area (Å²) in [6.45, 7) is 3.95. The smallest absolute Gasteiger partial charge is 0.319 e. The number of carbonyl (C=O) groups excluding carboxylic acids is 3. The van der Waals surface area contributed by atoms with Gasteiger partial charge in [-0.2, -0.15) is 0 Å². The molecule has 0 saturated carbocycles. The molecular weight excluding hydrogens is 372 g/mol. The number of urea groups is 1. The fraction of sp³-hybridized carbons (Fsp3) is 0.412. The molecule has 2 aromatic rings. The molecule has 0 bridgehead atoms. The van der Waals surface area contributed by atoms with Crippen LogP contribution in [0.3, 0.4) is 0 Å². The van der Waals surface area contributed by atoms with Crippen molar-refractivity contribution in [3.63, 3.8) is 0 Å². The first kappa shape index (κ1) is 20.4. The topological polar surface area (TPSA) is 119 Å². The van der Waals surface area contributed by atoms with Gasteiger partial charge in [-0.25, -0.2) is 9.78 Å². The molecule has 1 aromatic heterocycles. The van der Waals surface area contributed by atoms with E-state index in [4.69, 9.17) is 9.47 Å². The first-order valence-electron chi connectivity index (χ1n) is 8.45. The van der Waals surface area contributed by atoms with Crippen molar-refractivity contribution in [3.8, 4) is 5.75 Å². The van der Waals surface area contributed by atoms with Crippen LogP contribution in [0.5, 0.6) is 5.75 Å². The third-order valence-electron chi connectivity index (χ3n) is 3.43. The minimum atomic E-state index is -0.454. The highest BCUT2D eigenvalue weighted by atomic mass is 32.1. The maximum absolute atomic E-state index is 12.0. The van der Waals surface area contributed by atoms with Crippen LogP contribution in [0, 0.1) is 0 Å². The highest BCUT2D eigenvalue weighted by molar-refractivity contribution is 7.22. The monoisotopic (exact) mass is 394 g/mol. The molecule has 1 heterocycles. The highest BCUT2D eigenvalue weighted by Crippen LogP contribution is 2.35. The molecule has 9 nitrogen and oxygen atoms in total. The Hall–Kier alpha value is -2.88. The van der Waals surface area contributed by atoms with Gasteiger partial charge < -0.3 is 25.4 Å². The van der Waals surface area contributed by atoms with Crippen molar-refractivity contribution in [2.45, 2.75) is 26.7 Å². The number of rotatable bonds is 8. The van der Waals surface area contributed by atoms with Gasteiger partial charge >= 0.3 is 12.0 Å². The van der Waals surface area contributed by atoms with E-state index < -0.39 is 6.03 Å². The zero-order valence-corrected chi connectivity index (χ0v) is 16.2. The molecule has 3 amide bonds. The van der Waals surface area contributed by atoms with Gasteiger partial charge in [0, 0.05) is 24.7 Å². The number of carbonyl (C=O) groups is 3. The van der Waals surface area contributed by atoms with Crippen molar-refractivity contribution in [2.24, 2.45) is 0 Å². The number of nitrogens with zero attached hydrogens (tertiary/aromatic N) is 1. The van der Waals surface area contributed by atoms with E-state index in [-0.39, 0.29) is 24.8 Å². The Morgan fingerprint density at radius 2 is 1.96 bits per heavy atom. The summed E-state index contributed by atoms with van der Waals surface area (Å²) in [4.78, 5) is 39.2. The molecule has 3 N–H and O–H groups in total. The number of benzene rings is 1. The van der Waals surface area contributed by atoms with E-state index in [1.807, 2.05) is 0 Å². The van der Waals surface area contributed by atoms with Crippen LogP contribution in [0.15, 0.2) is 12.1 Å². The number of methoxy groups -OCH3 is 1. The van der Waals surface area contributed by atoms with Gasteiger partial charge in [-0.3, -0.25) is 9.59 Å². The normalized spacial score (nSPS) is 10.3. The molecule has 0 radical (unpaired) electrons. The second kappa shape index (κ2) is 9.72. The first-order chi connectivity index (χ1) is 13.0.